The van der Waals surface area contributed by atoms with Crippen molar-refractivity contribution in [1.82, 2.24) is 19.1 Å². The first-order valence-corrected chi connectivity index (χ1v) is 16.7. The van der Waals surface area contributed by atoms with Gasteiger partial charge in [0, 0.05) is 22.8 Å². The van der Waals surface area contributed by atoms with E-state index in [2.05, 4.69) is 158 Å². The van der Waals surface area contributed by atoms with Gasteiger partial charge < -0.3 is 9.13 Å². The number of para-hydroxylation sites is 2. The maximum absolute atomic E-state index is 5.38. The van der Waals surface area contributed by atoms with Gasteiger partial charge in [-0.3, -0.25) is 9.97 Å². The molecule has 0 saturated heterocycles. The van der Waals surface area contributed by atoms with Crippen LogP contribution in [0.15, 0.2) is 109 Å². The Morgan fingerprint density at radius 1 is 0.585 bits per heavy atom. The first-order chi connectivity index (χ1) is 19.3. The van der Waals surface area contributed by atoms with Crippen LogP contribution in [0.1, 0.15) is 25.0 Å². The number of rotatable bonds is 2. The van der Waals surface area contributed by atoms with Gasteiger partial charge in [0.05, 0.1) is 10.9 Å². The molecule has 4 nitrogen and oxygen atoms in total. The number of nitrogens with zero attached hydrogens (tertiary/aromatic N) is 4. The zero-order chi connectivity index (χ0) is 27.5. The van der Waals surface area contributed by atoms with E-state index in [9.17, 15) is 0 Å². The van der Waals surface area contributed by atoms with Crippen molar-refractivity contribution in [2.45, 2.75) is 32.4 Å². The Labute approximate surface area is 257 Å². The molecule has 7 rings (SSSR count). The van der Waals surface area contributed by atoms with Crippen LogP contribution in [0.4, 0.5) is 0 Å². The van der Waals surface area contributed by atoms with Crippen LogP contribution in [0.5, 0.6) is 0 Å². The third kappa shape index (κ3) is 4.58. The fourth-order valence-electron chi connectivity index (χ4n) is 5.68. The van der Waals surface area contributed by atoms with E-state index < -0.39 is 8.07 Å². The molecule has 1 aliphatic heterocycles. The molecule has 41 heavy (non-hydrogen) atoms. The Balaban J connectivity index is 0.00000302. The second-order valence-corrected chi connectivity index (χ2v) is 15.7. The first kappa shape index (κ1) is 27.4. The van der Waals surface area contributed by atoms with Crippen LogP contribution in [-0.2, 0) is 26.5 Å². The van der Waals surface area contributed by atoms with Crippen molar-refractivity contribution in [1.29, 1.82) is 0 Å². The minimum absolute atomic E-state index is 0. The summed E-state index contributed by atoms with van der Waals surface area (Å²) in [7, 11) is -2.49. The summed E-state index contributed by atoms with van der Waals surface area (Å²) in [5.41, 5.74) is 10.0. The van der Waals surface area contributed by atoms with Crippen molar-refractivity contribution >= 4 is 19.0 Å². The number of hydrogen-bond acceptors (Lipinski definition) is 2. The van der Waals surface area contributed by atoms with Gasteiger partial charge in [-0.05, 0) is 42.1 Å². The van der Waals surface area contributed by atoms with E-state index in [1.165, 1.54) is 0 Å². The van der Waals surface area contributed by atoms with E-state index in [4.69, 9.17) is 9.97 Å². The largest absolute Gasteiger partial charge is 2.00 e. The molecule has 0 atom stereocenters. The van der Waals surface area contributed by atoms with Crippen LogP contribution >= 0.6 is 0 Å². The van der Waals surface area contributed by atoms with Gasteiger partial charge in [0.15, 0.2) is 8.07 Å². The van der Waals surface area contributed by atoms with E-state index in [0.29, 0.717) is 0 Å². The number of benzene rings is 4. The summed E-state index contributed by atoms with van der Waals surface area (Å²) >= 11 is 0. The van der Waals surface area contributed by atoms with Gasteiger partial charge in [-0.1, -0.05) is 63.3 Å². The Morgan fingerprint density at radius 2 is 1.00 bits per heavy atom. The predicted octanol–water partition coefficient (Wildman–Crippen LogP) is 6.45. The molecule has 0 N–H and O–H groups in total. The minimum Gasteiger partial charge on any atom is -0.317 e. The molecule has 0 fully saturated rings. The van der Waals surface area contributed by atoms with Crippen LogP contribution in [-0.4, -0.2) is 27.2 Å². The van der Waals surface area contributed by atoms with E-state index in [1.54, 1.807) is 0 Å². The maximum atomic E-state index is 5.38. The van der Waals surface area contributed by atoms with Gasteiger partial charge >= 0.3 is 21.1 Å². The van der Waals surface area contributed by atoms with Crippen molar-refractivity contribution in [2.24, 2.45) is 0 Å². The minimum atomic E-state index is -2.49. The Kier molecular flexibility index (Phi) is 6.84. The number of fused-ring (bicyclic) bond motifs is 10. The molecule has 6 aromatic rings. The second kappa shape index (κ2) is 10.2. The molecule has 6 heteroatoms. The van der Waals surface area contributed by atoms with Gasteiger partial charge in [-0.2, -0.15) is 0 Å². The fourth-order valence-corrected chi connectivity index (χ4v) is 8.28. The quantitative estimate of drug-likeness (QED) is 0.152. The molecule has 0 aliphatic carbocycles. The van der Waals surface area contributed by atoms with Crippen LogP contribution in [0.25, 0.3) is 33.9 Å². The van der Waals surface area contributed by atoms with Gasteiger partial charge in [-0.25, -0.2) is 0 Å². The standard InChI is InChI=1S/C35H30N4Si.Pt/c1-35(2)27-15-11-13-25(21-27)31-23-38(29-17-7-5-8-18-29)33(36-31)40(3,4)34-37-32(26-14-12-16-28(35)22-26)24-39(34)30-19-9-6-10-20-30;/h5-20,23-24H,1-4H3;/q-2;+2. The van der Waals surface area contributed by atoms with Crippen LogP contribution < -0.4 is 10.9 Å². The average Bonchev–Trinajstić information content (AvgIpc) is 3.65. The smallest absolute Gasteiger partial charge is 0.317 e. The molecular formula is C35H30N4PtSi. The van der Waals surface area contributed by atoms with E-state index in [0.717, 1.165) is 55.9 Å². The topological polar surface area (TPSA) is 35.6 Å². The number of hydrogen-bond donors (Lipinski definition) is 0. The summed E-state index contributed by atoms with van der Waals surface area (Å²) in [5.74, 6) is 0. The van der Waals surface area contributed by atoms with Crippen molar-refractivity contribution in [3.05, 3.63) is 133 Å². The monoisotopic (exact) mass is 729 g/mol. The van der Waals surface area contributed by atoms with Crippen molar-refractivity contribution < 1.29 is 21.1 Å². The summed E-state index contributed by atoms with van der Waals surface area (Å²) < 4.78 is 4.53. The van der Waals surface area contributed by atoms with Crippen LogP contribution in [0.2, 0.25) is 13.1 Å². The van der Waals surface area contributed by atoms with E-state index >= 15 is 0 Å². The van der Waals surface area contributed by atoms with Crippen molar-refractivity contribution in [3.63, 3.8) is 0 Å². The molecule has 1 aliphatic rings. The molecule has 3 heterocycles. The first-order valence-electron chi connectivity index (χ1n) is 13.7. The molecule has 0 radical (unpaired) electrons. The molecule has 8 bridgehead atoms. The van der Waals surface area contributed by atoms with E-state index in [1.807, 2.05) is 0 Å². The Morgan fingerprint density at radius 3 is 1.41 bits per heavy atom. The van der Waals surface area contributed by atoms with Gasteiger partial charge in [-0.15, -0.1) is 70.8 Å². The number of imidazole rings is 2. The summed E-state index contributed by atoms with van der Waals surface area (Å²) in [4.78, 5) is 10.8. The number of aromatic nitrogens is 4. The maximum Gasteiger partial charge on any atom is 2.00 e. The molecule has 4 aromatic carbocycles. The SMILES string of the molecule is CC1(C)c2[c-]c(ccc2)-c2cn(-c3ccccc3)c(n2)[Si](C)(C)c2nc(cn2-c2ccccc2)-c2[c-]c1ccc2.[Pt+2]. The Bertz CT molecular complexity index is 1720. The Hall–Kier alpha value is -3.79. The van der Waals surface area contributed by atoms with Crippen LogP contribution in [0, 0.1) is 12.1 Å². The fraction of sp³-hybridized carbons (Fsp3) is 0.143. The third-order valence-electron chi connectivity index (χ3n) is 8.09. The summed E-state index contributed by atoms with van der Waals surface area (Å²) in [6, 6.07) is 41.3. The molecule has 0 spiro atoms. The average molecular weight is 730 g/mol. The predicted molar refractivity (Wildman–Crippen MR) is 165 cm³/mol. The van der Waals surface area contributed by atoms with Crippen molar-refractivity contribution in [3.8, 4) is 33.9 Å². The molecule has 2 aromatic heterocycles. The second-order valence-electron chi connectivity index (χ2n) is 11.5. The summed E-state index contributed by atoms with van der Waals surface area (Å²) in [6.07, 6.45) is 4.34. The normalized spacial score (nSPS) is 14.5. The molecular weight excluding hydrogens is 700 g/mol. The summed E-state index contributed by atoms with van der Waals surface area (Å²) in [6.45, 7) is 9.17. The molecule has 0 amide bonds. The van der Waals surface area contributed by atoms with Gasteiger partial charge in [0.2, 0.25) is 0 Å². The molecule has 204 valence electrons. The zero-order valence-electron chi connectivity index (χ0n) is 23.5. The zero-order valence-corrected chi connectivity index (χ0v) is 26.8. The van der Waals surface area contributed by atoms with Crippen molar-refractivity contribution in [2.75, 3.05) is 0 Å². The van der Waals surface area contributed by atoms with Crippen LogP contribution in [0.3, 0.4) is 0 Å². The molecule has 0 saturated carbocycles. The van der Waals surface area contributed by atoms with Gasteiger partial charge in [0.1, 0.15) is 0 Å². The third-order valence-corrected chi connectivity index (χ3v) is 11.0. The van der Waals surface area contributed by atoms with E-state index in [-0.39, 0.29) is 26.5 Å². The summed E-state index contributed by atoms with van der Waals surface area (Å²) in [5, 5.41) is 0. The van der Waals surface area contributed by atoms with Gasteiger partial charge in [0.25, 0.3) is 0 Å². The molecule has 0 unspecified atom stereocenters.